The lowest BCUT2D eigenvalue weighted by Gasteiger charge is -1.97. The van der Waals surface area contributed by atoms with E-state index in [1.165, 1.54) is 6.92 Å². The first-order valence-corrected chi connectivity index (χ1v) is 4.90. The summed E-state index contributed by atoms with van der Waals surface area (Å²) >= 11 is 1.05. The van der Waals surface area contributed by atoms with E-state index in [9.17, 15) is 9.59 Å². The number of benzene rings is 1. The third-order valence-corrected chi connectivity index (χ3v) is 2.53. The normalized spacial score (nSPS) is 9.62. The summed E-state index contributed by atoms with van der Waals surface area (Å²) in [6.45, 7) is 1.29. The largest absolute Gasteiger partial charge is 0.290 e. The summed E-state index contributed by atoms with van der Waals surface area (Å²) in [5, 5.41) is -0.371. The second kappa shape index (κ2) is 4.82. The van der Waals surface area contributed by atoms with Gasteiger partial charge in [-0.3, -0.25) is 9.59 Å². The molecular weight excluding hydrogens is 184 g/mol. The lowest BCUT2D eigenvalue weighted by atomic mass is 10.2. The van der Waals surface area contributed by atoms with Crippen LogP contribution in [0.2, 0.25) is 0 Å². The van der Waals surface area contributed by atoms with Gasteiger partial charge in [-0.15, -0.1) is 0 Å². The highest BCUT2D eigenvalue weighted by Gasteiger charge is 2.07. The van der Waals surface area contributed by atoms with E-state index in [0.29, 0.717) is 5.75 Å². The maximum absolute atomic E-state index is 10.9. The predicted molar refractivity (Wildman–Crippen MR) is 53.4 cm³/mol. The van der Waals surface area contributed by atoms with E-state index < -0.39 is 0 Å². The van der Waals surface area contributed by atoms with E-state index in [-0.39, 0.29) is 10.9 Å². The maximum Gasteiger partial charge on any atom is 0.255 e. The van der Waals surface area contributed by atoms with Gasteiger partial charge in [0, 0.05) is 12.7 Å². The molecule has 0 N–H and O–H groups in total. The summed E-state index contributed by atoms with van der Waals surface area (Å²) in [4.78, 5) is 21.5. The fourth-order valence-corrected chi connectivity index (χ4v) is 1.52. The van der Waals surface area contributed by atoms with Gasteiger partial charge in [-0.2, -0.15) is 0 Å². The molecule has 0 atom stereocenters. The van der Waals surface area contributed by atoms with Gasteiger partial charge in [0.15, 0.2) is 0 Å². The molecule has 0 aliphatic carbocycles. The molecule has 0 aromatic heterocycles. The van der Waals surface area contributed by atoms with Gasteiger partial charge < -0.3 is 0 Å². The molecule has 0 saturated heterocycles. The minimum atomic E-state index is -0.388. The smallest absolute Gasteiger partial charge is 0.255 e. The molecule has 0 saturated carbocycles. The van der Waals surface area contributed by atoms with Crippen LogP contribution in [0.3, 0.4) is 0 Å². The van der Waals surface area contributed by atoms with E-state index in [4.69, 9.17) is 0 Å². The van der Waals surface area contributed by atoms with Crippen molar-refractivity contribution in [2.75, 3.05) is 0 Å². The van der Waals surface area contributed by atoms with Gasteiger partial charge in [0.1, 0.15) is 0 Å². The van der Waals surface area contributed by atoms with Crippen LogP contribution in [0.1, 0.15) is 12.5 Å². The molecule has 0 heterocycles. The van der Waals surface area contributed by atoms with Gasteiger partial charge in [-0.1, -0.05) is 42.1 Å². The van der Waals surface area contributed by atoms with Crippen molar-refractivity contribution in [1.82, 2.24) is 0 Å². The first-order valence-electron chi connectivity index (χ1n) is 3.92. The Labute approximate surface area is 81.3 Å². The Morgan fingerprint density at radius 3 is 2.38 bits per heavy atom. The lowest BCUT2D eigenvalue weighted by Crippen LogP contribution is -2.04. The fourth-order valence-electron chi connectivity index (χ4n) is 0.825. The van der Waals surface area contributed by atoms with Gasteiger partial charge >= 0.3 is 0 Å². The van der Waals surface area contributed by atoms with Crippen LogP contribution in [0.4, 0.5) is 0 Å². The molecule has 0 bridgehead atoms. The molecule has 1 aromatic carbocycles. The van der Waals surface area contributed by atoms with Crippen molar-refractivity contribution in [2.24, 2.45) is 0 Å². The van der Waals surface area contributed by atoms with Crippen molar-refractivity contribution < 1.29 is 9.59 Å². The van der Waals surface area contributed by atoms with Gasteiger partial charge in [-0.05, 0) is 5.56 Å². The van der Waals surface area contributed by atoms with Crippen molar-refractivity contribution in [3.05, 3.63) is 35.9 Å². The second-order valence-electron chi connectivity index (χ2n) is 2.62. The molecule has 0 radical (unpaired) electrons. The van der Waals surface area contributed by atoms with Crippen LogP contribution in [0, 0.1) is 0 Å². The summed E-state index contributed by atoms with van der Waals surface area (Å²) in [7, 11) is 0. The number of Topliss-reactive ketones (excluding diaryl/α,β-unsaturated/α-hetero) is 1. The Hall–Kier alpha value is -1.09. The van der Waals surface area contributed by atoms with E-state index in [1.807, 2.05) is 30.3 Å². The Morgan fingerprint density at radius 2 is 1.85 bits per heavy atom. The van der Waals surface area contributed by atoms with Crippen LogP contribution in [-0.4, -0.2) is 10.9 Å². The number of carbonyl (C=O) groups excluding carboxylic acids is 2. The average Bonchev–Trinajstić information content (AvgIpc) is 2.15. The minimum absolute atomic E-state index is 0.371. The first-order chi connectivity index (χ1) is 6.20. The van der Waals surface area contributed by atoms with E-state index in [2.05, 4.69) is 0 Å². The molecule has 0 spiro atoms. The summed E-state index contributed by atoms with van der Waals surface area (Å²) in [6.07, 6.45) is 0. The van der Waals surface area contributed by atoms with Crippen LogP contribution in [0.15, 0.2) is 30.3 Å². The Morgan fingerprint density at radius 1 is 1.23 bits per heavy atom. The zero-order chi connectivity index (χ0) is 9.68. The summed E-state index contributed by atoms with van der Waals surface area (Å²) in [5.41, 5.74) is 1.06. The van der Waals surface area contributed by atoms with Gasteiger partial charge in [-0.25, -0.2) is 0 Å². The number of hydrogen-bond acceptors (Lipinski definition) is 3. The Balaban J connectivity index is 2.44. The monoisotopic (exact) mass is 194 g/mol. The van der Waals surface area contributed by atoms with Crippen molar-refractivity contribution in [3.8, 4) is 0 Å². The molecule has 0 amide bonds. The Kier molecular flexibility index (Phi) is 3.71. The molecule has 3 heteroatoms. The molecule has 2 nitrogen and oxygen atoms in total. The van der Waals surface area contributed by atoms with Crippen molar-refractivity contribution in [3.63, 3.8) is 0 Å². The average molecular weight is 194 g/mol. The lowest BCUT2D eigenvalue weighted by molar-refractivity contribution is -0.130. The number of ketones is 1. The van der Waals surface area contributed by atoms with Crippen LogP contribution in [0.25, 0.3) is 0 Å². The number of hydrogen-bond donors (Lipinski definition) is 0. The van der Waals surface area contributed by atoms with Crippen LogP contribution >= 0.6 is 11.8 Å². The molecule has 0 fully saturated rings. The quantitative estimate of drug-likeness (QED) is 0.690. The third-order valence-electron chi connectivity index (χ3n) is 1.50. The molecule has 0 aliphatic rings. The molecule has 1 aromatic rings. The topological polar surface area (TPSA) is 34.1 Å². The highest BCUT2D eigenvalue weighted by Crippen LogP contribution is 2.12. The third kappa shape index (κ3) is 3.42. The van der Waals surface area contributed by atoms with E-state index >= 15 is 0 Å². The summed E-state index contributed by atoms with van der Waals surface area (Å²) in [6, 6.07) is 9.60. The highest BCUT2D eigenvalue weighted by molar-refractivity contribution is 8.14. The molecule has 13 heavy (non-hydrogen) atoms. The zero-order valence-electron chi connectivity index (χ0n) is 7.32. The first kappa shape index (κ1) is 9.99. The molecular formula is C10H10O2S. The standard InChI is InChI=1S/C10H10O2S/c1-8(11)10(12)13-7-9-5-3-2-4-6-9/h2-6H,7H2,1H3. The summed E-state index contributed by atoms with van der Waals surface area (Å²) < 4.78 is 0. The van der Waals surface area contributed by atoms with Crippen LogP contribution in [-0.2, 0) is 15.3 Å². The zero-order valence-corrected chi connectivity index (χ0v) is 8.14. The van der Waals surface area contributed by atoms with Crippen molar-refractivity contribution in [1.29, 1.82) is 0 Å². The van der Waals surface area contributed by atoms with E-state index in [0.717, 1.165) is 17.3 Å². The van der Waals surface area contributed by atoms with Crippen LogP contribution in [0.5, 0.6) is 0 Å². The Bertz CT molecular complexity index is 306. The molecule has 68 valence electrons. The molecule has 0 aliphatic heterocycles. The van der Waals surface area contributed by atoms with Crippen molar-refractivity contribution in [2.45, 2.75) is 12.7 Å². The second-order valence-corrected chi connectivity index (χ2v) is 3.57. The van der Waals surface area contributed by atoms with Gasteiger partial charge in [0.05, 0.1) is 0 Å². The van der Waals surface area contributed by atoms with Crippen LogP contribution < -0.4 is 0 Å². The number of thioether (sulfide) groups is 1. The molecule has 0 unspecified atom stereocenters. The van der Waals surface area contributed by atoms with Gasteiger partial charge in [0.2, 0.25) is 5.78 Å². The van der Waals surface area contributed by atoms with Gasteiger partial charge in [0.25, 0.3) is 5.12 Å². The summed E-state index contributed by atoms with van der Waals surface area (Å²) in [5.74, 6) is 0.181. The molecule has 1 rings (SSSR count). The minimum Gasteiger partial charge on any atom is -0.290 e. The number of carbonyl (C=O) groups is 2. The SMILES string of the molecule is CC(=O)C(=O)SCc1ccccc1. The predicted octanol–water partition coefficient (Wildman–Crippen LogP) is 2.04. The van der Waals surface area contributed by atoms with Crippen molar-refractivity contribution >= 4 is 22.7 Å². The number of rotatable bonds is 3. The fraction of sp³-hybridized carbons (Fsp3) is 0.200. The maximum atomic E-state index is 10.9. The van der Waals surface area contributed by atoms with E-state index in [1.54, 1.807) is 0 Å². The highest BCUT2D eigenvalue weighted by atomic mass is 32.2.